The summed E-state index contributed by atoms with van der Waals surface area (Å²) in [5, 5.41) is 4.09. The van der Waals surface area contributed by atoms with E-state index in [1.165, 1.54) is 9.08 Å². The van der Waals surface area contributed by atoms with Crippen LogP contribution in [-0.2, 0) is 11.3 Å². The molecule has 0 unspecified atom stereocenters. The summed E-state index contributed by atoms with van der Waals surface area (Å²) in [5.74, 6) is -0.127. The lowest BCUT2D eigenvalue weighted by molar-refractivity contribution is -0.130. The predicted octanol–water partition coefficient (Wildman–Crippen LogP) is -0.0257. The van der Waals surface area contributed by atoms with Crippen LogP contribution in [0.4, 0.5) is 0 Å². The number of rotatable bonds is 3. The van der Waals surface area contributed by atoms with Gasteiger partial charge in [0.1, 0.15) is 6.54 Å². The lowest BCUT2D eigenvalue weighted by Crippen LogP contribution is -2.34. The molecule has 0 aliphatic heterocycles. The Morgan fingerprint density at radius 3 is 2.88 bits per heavy atom. The third-order valence-electron chi connectivity index (χ3n) is 2.67. The average Bonchev–Trinajstić information content (AvgIpc) is 2.66. The van der Waals surface area contributed by atoms with Crippen molar-refractivity contribution in [1.29, 1.82) is 0 Å². The smallest absolute Gasteiger partial charge is 0.344 e. The summed E-state index contributed by atoms with van der Waals surface area (Å²) >= 11 is 0. The summed E-state index contributed by atoms with van der Waals surface area (Å²) in [6.45, 7) is 2.47. The van der Waals surface area contributed by atoms with E-state index in [1.807, 2.05) is 6.92 Å². The molecule has 0 aliphatic rings. The number of likely N-dealkylation sites (N-methyl/N-ethyl adjacent to an activating group) is 1. The van der Waals surface area contributed by atoms with Crippen LogP contribution in [-0.4, -0.2) is 38.6 Å². The van der Waals surface area contributed by atoms with Crippen molar-refractivity contribution >= 4 is 11.6 Å². The third kappa shape index (κ3) is 2.06. The molecule has 2 rings (SSSR count). The van der Waals surface area contributed by atoms with Crippen LogP contribution in [0.2, 0.25) is 0 Å². The molecule has 0 radical (unpaired) electrons. The molecule has 0 atom stereocenters. The van der Waals surface area contributed by atoms with Crippen LogP contribution in [0.1, 0.15) is 6.92 Å². The summed E-state index contributed by atoms with van der Waals surface area (Å²) in [7, 11) is 1.70. The van der Waals surface area contributed by atoms with Gasteiger partial charge >= 0.3 is 5.69 Å². The van der Waals surface area contributed by atoms with E-state index in [0.29, 0.717) is 12.2 Å². The molecular weight excluding hydrogens is 220 g/mol. The molecule has 17 heavy (non-hydrogen) atoms. The predicted molar refractivity (Wildman–Crippen MR) is 62.8 cm³/mol. The van der Waals surface area contributed by atoms with Gasteiger partial charge in [-0.15, -0.1) is 5.10 Å². The lowest BCUT2D eigenvalue weighted by atomic mass is 10.5. The second kappa shape index (κ2) is 4.40. The first-order valence-corrected chi connectivity index (χ1v) is 5.41. The summed E-state index contributed by atoms with van der Waals surface area (Å²) in [6.07, 6.45) is 1.63. The molecule has 2 aromatic heterocycles. The molecule has 0 N–H and O–H groups in total. The molecule has 6 nitrogen and oxygen atoms in total. The molecule has 0 spiro atoms. The van der Waals surface area contributed by atoms with E-state index in [9.17, 15) is 9.59 Å². The molecule has 1 amide bonds. The summed E-state index contributed by atoms with van der Waals surface area (Å²) in [6, 6.07) is 5.28. The fraction of sp³-hybridized carbons (Fsp3) is 0.364. The Kier molecular flexibility index (Phi) is 2.95. The van der Waals surface area contributed by atoms with Crippen molar-refractivity contribution in [3.63, 3.8) is 0 Å². The van der Waals surface area contributed by atoms with E-state index >= 15 is 0 Å². The quantitative estimate of drug-likeness (QED) is 0.749. The minimum atomic E-state index is -0.293. The van der Waals surface area contributed by atoms with Gasteiger partial charge in [0.2, 0.25) is 5.91 Å². The number of aromatic nitrogens is 3. The van der Waals surface area contributed by atoms with Crippen LogP contribution in [0.5, 0.6) is 0 Å². The molecule has 0 aliphatic carbocycles. The fourth-order valence-corrected chi connectivity index (χ4v) is 1.50. The van der Waals surface area contributed by atoms with Gasteiger partial charge in [0, 0.05) is 19.8 Å². The van der Waals surface area contributed by atoms with Gasteiger partial charge in [-0.2, -0.15) is 0 Å². The third-order valence-corrected chi connectivity index (χ3v) is 2.67. The fourth-order valence-electron chi connectivity index (χ4n) is 1.50. The van der Waals surface area contributed by atoms with Crippen LogP contribution < -0.4 is 5.69 Å². The van der Waals surface area contributed by atoms with E-state index in [2.05, 4.69) is 5.10 Å². The molecule has 0 fully saturated rings. The highest BCUT2D eigenvalue weighted by Crippen LogP contribution is 1.95. The molecule has 0 aromatic carbocycles. The maximum absolute atomic E-state index is 11.9. The van der Waals surface area contributed by atoms with Gasteiger partial charge in [0.05, 0.1) is 0 Å². The minimum absolute atomic E-state index is 0.0230. The van der Waals surface area contributed by atoms with E-state index in [1.54, 1.807) is 36.3 Å². The Hall–Kier alpha value is -2.11. The molecule has 2 heterocycles. The van der Waals surface area contributed by atoms with E-state index in [-0.39, 0.29) is 18.1 Å². The highest BCUT2D eigenvalue weighted by Gasteiger charge is 2.12. The highest BCUT2D eigenvalue weighted by atomic mass is 16.2. The lowest BCUT2D eigenvalue weighted by Gasteiger charge is -2.13. The van der Waals surface area contributed by atoms with Crippen molar-refractivity contribution in [3.8, 4) is 0 Å². The van der Waals surface area contributed by atoms with Crippen molar-refractivity contribution in [3.05, 3.63) is 34.9 Å². The van der Waals surface area contributed by atoms with Crippen molar-refractivity contribution in [2.24, 2.45) is 0 Å². The van der Waals surface area contributed by atoms with Gasteiger partial charge in [-0.1, -0.05) is 6.07 Å². The van der Waals surface area contributed by atoms with Crippen molar-refractivity contribution in [1.82, 2.24) is 19.1 Å². The topological polar surface area (TPSA) is 59.6 Å². The van der Waals surface area contributed by atoms with Crippen molar-refractivity contribution in [2.45, 2.75) is 13.5 Å². The van der Waals surface area contributed by atoms with Crippen LogP contribution in [0.25, 0.3) is 5.65 Å². The molecule has 0 bridgehead atoms. The van der Waals surface area contributed by atoms with E-state index in [4.69, 9.17) is 0 Å². The monoisotopic (exact) mass is 234 g/mol. The zero-order valence-corrected chi connectivity index (χ0v) is 9.83. The second-order valence-corrected chi connectivity index (χ2v) is 3.78. The maximum Gasteiger partial charge on any atom is 0.350 e. The molecular formula is C11H14N4O2. The Morgan fingerprint density at radius 2 is 2.24 bits per heavy atom. The average molecular weight is 234 g/mol. The van der Waals surface area contributed by atoms with Crippen LogP contribution in [0, 0.1) is 0 Å². The number of hydrogen-bond acceptors (Lipinski definition) is 3. The molecule has 0 saturated heterocycles. The second-order valence-electron chi connectivity index (χ2n) is 3.78. The SMILES string of the molecule is CCN(C)C(=O)Cn1nc2ccccn2c1=O. The van der Waals surface area contributed by atoms with Crippen molar-refractivity contribution in [2.75, 3.05) is 13.6 Å². The maximum atomic E-state index is 11.9. The highest BCUT2D eigenvalue weighted by molar-refractivity contribution is 5.75. The van der Waals surface area contributed by atoms with E-state index < -0.39 is 0 Å². The van der Waals surface area contributed by atoms with Gasteiger partial charge in [0.25, 0.3) is 0 Å². The Bertz CT molecular complexity index is 599. The number of nitrogens with zero attached hydrogens (tertiary/aromatic N) is 4. The number of amides is 1. The van der Waals surface area contributed by atoms with Crippen LogP contribution >= 0.6 is 0 Å². The molecule has 0 saturated carbocycles. The van der Waals surface area contributed by atoms with Gasteiger partial charge in [-0.3, -0.25) is 9.20 Å². The largest absolute Gasteiger partial charge is 0.350 e. The minimum Gasteiger partial charge on any atom is -0.344 e. The van der Waals surface area contributed by atoms with Gasteiger partial charge in [-0.25, -0.2) is 9.48 Å². The van der Waals surface area contributed by atoms with Crippen LogP contribution in [0.15, 0.2) is 29.2 Å². The zero-order chi connectivity index (χ0) is 12.4. The van der Waals surface area contributed by atoms with E-state index in [0.717, 1.165) is 0 Å². The number of pyridine rings is 1. The molecule has 6 heteroatoms. The van der Waals surface area contributed by atoms with Gasteiger partial charge in [0.15, 0.2) is 5.65 Å². The van der Waals surface area contributed by atoms with Gasteiger partial charge in [-0.05, 0) is 19.1 Å². The molecule has 2 aromatic rings. The number of hydrogen-bond donors (Lipinski definition) is 0. The number of fused-ring (bicyclic) bond motifs is 1. The normalized spacial score (nSPS) is 10.7. The molecule has 90 valence electrons. The zero-order valence-electron chi connectivity index (χ0n) is 9.83. The summed E-state index contributed by atoms with van der Waals surface area (Å²) < 4.78 is 2.60. The first-order valence-electron chi connectivity index (χ1n) is 5.41. The van der Waals surface area contributed by atoms with Gasteiger partial charge < -0.3 is 4.90 Å². The van der Waals surface area contributed by atoms with Crippen LogP contribution in [0.3, 0.4) is 0 Å². The number of carbonyl (C=O) groups excluding carboxylic acids is 1. The standard InChI is InChI=1S/C11H14N4O2/c1-3-13(2)10(16)8-15-11(17)14-7-5-4-6-9(14)12-15/h4-7H,3,8H2,1-2H3. The summed E-state index contributed by atoms with van der Waals surface area (Å²) in [5.41, 5.74) is 0.253. The Labute approximate surface area is 98.1 Å². The first kappa shape index (κ1) is 11.4. The summed E-state index contributed by atoms with van der Waals surface area (Å²) in [4.78, 5) is 25.1. The Morgan fingerprint density at radius 1 is 1.47 bits per heavy atom. The first-order chi connectivity index (χ1) is 8.13. The van der Waals surface area contributed by atoms with Crippen molar-refractivity contribution < 1.29 is 4.79 Å². The number of carbonyl (C=O) groups is 1. The Balaban J connectivity index is 2.34.